The number of piperazine rings is 1. The average Bonchev–Trinajstić information content (AvgIpc) is 2.75. The summed E-state index contributed by atoms with van der Waals surface area (Å²) < 4.78 is 38.7. The number of benzene rings is 1. The van der Waals surface area contributed by atoms with Crippen molar-refractivity contribution in [2.24, 2.45) is 0 Å². The van der Waals surface area contributed by atoms with Crippen LogP contribution >= 0.6 is 24.2 Å². The normalized spacial score (nSPS) is 18.5. The molecule has 1 saturated heterocycles. The molecule has 9 heteroatoms. The van der Waals surface area contributed by atoms with Gasteiger partial charge in [-0.1, -0.05) is 0 Å². The molecule has 0 aliphatic carbocycles. The van der Waals surface area contributed by atoms with Crippen molar-refractivity contribution in [2.45, 2.75) is 17.6 Å². The van der Waals surface area contributed by atoms with E-state index in [1.807, 2.05) is 0 Å². The number of thioether (sulfide) groups is 1. The van der Waals surface area contributed by atoms with Gasteiger partial charge in [0, 0.05) is 49.9 Å². The number of alkyl halides is 3. The van der Waals surface area contributed by atoms with Gasteiger partial charge in [-0.25, -0.2) is 4.79 Å². The summed E-state index contributed by atoms with van der Waals surface area (Å²) in [7, 11) is 0. The summed E-state index contributed by atoms with van der Waals surface area (Å²) >= 11 is 1.50. The molecule has 0 bridgehead atoms. The van der Waals surface area contributed by atoms with Crippen LogP contribution in [0, 0.1) is 0 Å². The molecule has 24 heavy (non-hydrogen) atoms. The van der Waals surface area contributed by atoms with Gasteiger partial charge in [0.05, 0.1) is 5.56 Å². The van der Waals surface area contributed by atoms with E-state index in [1.54, 1.807) is 9.80 Å². The molecule has 2 amide bonds. The van der Waals surface area contributed by atoms with Crippen LogP contribution in [0.4, 0.5) is 18.0 Å². The number of nitrogens with zero attached hydrogens (tertiary/aromatic N) is 2. The molecule has 0 atom stereocenters. The summed E-state index contributed by atoms with van der Waals surface area (Å²) in [5.74, 6) is 0.691. The standard InChI is InChI=1S/C15H18F3N3OS.ClH/c16-15(17,18)12-1-2-13-11(9-12)10-21(7-8-23-13)14(22)20-5-3-19-4-6-20;/h1-2,9,19H,3-8,10H2;1H. The lowest BCUT2D eigenvalue weighted by atomic mass is 10.1. The highest BCUT2D eigenvalue weighted by Gasteiger charge is 2.32. The largest absolute Gasteiger partial charge is 0.416 e. The molecule has 1 aromatic rings. The molecule has 1 N–H and O–H groups in total. The minimum absolute atomic E-state index is 0. The van der Waals surface area contributed by atoms with Gasteiger partial charge in [0.1, 0.15) is 0 Å². The minimum Gasteiger partial charge on any atom is -0.322 e. The summed E-state index contributed by atoms with van der Waals surface area (Å²) in [6.45, 7) is 3.56. The first kappa shape index (κ1) is 19.2. The number of carbonyl (C=O) groups is 1. The number of carbonyl (C=O) groups excluding carboxylic acids is 1. The Hall–Kier alpha value is -1.12. The van der Waals surface area contributed by atoms with E-state index in [9.17, 15) is 18.0 Å². The number of urea groups is 1. The van der Waals surface area contributed by atoms with Crippen LogP contribution in [0.1, 0.15) is 11.1 Å². The van der Waals surface area contributed by atoms with Gasteiger partial charge in [-0.2, -0.15) is 13.2 Å². The molecule has 134 valence electrons. The van der Waals surface area contributed by atoms with E-state index in [2.05, 4.69) is 5.32 Å². The maximum absolute atomic E-state index is 12.9. The molecule has 3 rings (SSSR count). The molecule has 0 aromatic heterocycles. The van der Waals surface area contributed by atoms with Crippen molar-refractivity contribution in [3.05, 3.63) is 29.3 Å². The molecular weight excluding hydrogens is 363 g/mol. The van der Waals surface area contributed by atoms with Crippen molar-refractivity contribution < 1.29 is 18.0 Å². The number of hydrogen-bond donors (Lipinski definition) is 1. The van der Waals surface area contributed by atoms with Crippen LogP contribution in [0.25, 0.3) is 0 Å². The fraction of sp³-hybridized carbons (Fsp3) is 0.533. The van der Waals surface area contributed by atoms with E-state index in [4.69, 9.17) is 0 Å². The molecule has 0 spiro atoms. The molecule has 2 heterocycles. The zero-order valence-corrected chi connectivity index (χ0v) is 14.6. The highest BCUT2D eigenvalue weighted by atomic mass is 35.5. The fourth-order valence-corrected chi connectivity index (χ4v) is 3.79. The summed E-state index contributed by atoms with van der Waals surface area (Å²) in [5, 5.41) is 3.18. The predicted octanol–water partition coefficient (Wildman–Crippen LogP) is 3.06. The Morgan fingerprint density at radius 1 is 1.12 bits per heavy atom. The summed E-state index contributed by atoms with van der Waals surface area (Å²) in [4.78, 5) is 16.8. The number of hydrogen-bond acceptors (Lipinski definition) is 3. The van der Waals surface area contributed by atoms with Crippen LogP contribution in [0.15, 0.2) is 23.1 Å². The van der Waals surface area contributed by atoms with Crippen LogP contribution in [0.3, 0.4) is 0 Å². The van der Waals surface area contributed by atoms with Gasteiger partial charge in [-0.05, 0) is 23.8 Å². The first-order valence-corrected chi connectivity index (χ1v) is 8.51. The Balaban J connectivity index is 0.00000208. The van der Waals surface area contributed by atoms with Crippen LogP contribution in [0.2, 0.25) is 0 Å². The van der Waals surface area contributed by atoms with Gasteiger partial charge < -0.3 is 15.1 Å². The third kappa shape index (κ3) is 4.29. The Bertz CT molecular complexity index is 594. The number of rotatable bonds is 0. The van der Waals surface area contributed by atoms with Crippen LogP contribution in [-0.2, 0) is 12.7 Å². The second kappa shape index (κ2) is 7.84. The van der Waals surface area contributed by atoms with E-state index in [0.717, 1.165) is 24.1 Å². The summed E-state index contributed by atoms with van der Waals surface area (Å²) in [5.41, 5.74) is -0.0841. The van der Waals surface area contributed by atoms with Gasteiger partial charge in [0.25, 0.3) is 0 Å². The molecule has 0 radical (unpaired) electrons. The Labute approximate surface area is 149 Å². The molecular formula is C15H19ClF3N3OS. The van der Waals surface area contributed by atoms with Gasteiger partial charge in [0.2, 0.25) is 0 Å². The number of nitrogens with one attached hydrogen (secondary N) is 1. The molecule has 2 aliphatic rings. The maximum Gasteiger partial charge on any atom is 0.416 e. The van der Waals surface area contributed by atoms with Crippen molar-refractivity contribution in [1.29, 1.82) is 0 Å². The first-order valence-electron chi connectivity index (χ1n) is 7.52. The van der Waals surface area contributed by atoms with Crippen LogP contribution < -0.4 is 5.32 Å². The molecule has 0 unspecified atom stereocenters. The Kier molecular flexibility index (Phi) is 6.28. The van der Waals surface area contributed by atoms with E-state index < -0.39 is 11.7 Å². The van der Waals surface area contributed by atoms with Gasteiger partial charge in [-0.3, -0.25) is 0 Å². The third-order valence-electron chi connectivity index (χ3n) is 4.03. The fourth-order valence-electron chi connectivity index (χ4n) is 2.79. The number of halogens is 4. The van der Waals surface area contributed by atoms with E-state index in [-0.39, 0.29) is 25.0 Å². The van der Waals surface area contributed by atoms with Crippen molar-refractivity contribution in [1.82, 2.24) is 15.1 Å². The van der Waals surface area contributed by atoms with Crippen LogP contribution in [0.5, 0.6) is 0 Å². The third-order valence-corrected chi connectivity index (χ3v) is 5.12. The van der Waals surface area contributed by atoms with Gasteiger partial charge in [-0.15, -0.1) is 24.2 Å². The topological polar surface area (TPSA) is 35.6 Å². The molecule has 1 aromatic carbocycles. The van der Waals surface area contributed by atoms with Crippen molar-refractivity contribution in [3.63, 3.8) is 0 Å². The zero-order valence-electron chi connectivity index (χ0n) is 12.9. The van der Waals surface area contributed by atoms with Crippen LogP contribution in [-0.4, -0.2) is 54.3 Å². The minimum atomic E-state index is -4.36. The van der Waals surface area contributed by atoms with Crippen molar-refractivity contribution in [2.75, 3.05) is 38.5 Å². The predicted molar refractivity (Wildman–Crippen MR) is 89.7 cm³/mol. The maximum atomic E-state index is 12.9. The van der Waals surface area contributed by atoms with Crippen molar-refractivity contribution >= 4 is 30.2 Å². The Morgan fingerprint density at radius 3 is 2.50 bits per heavy atom. The van der Waals surface area contributed by atoms with E-state index in [0.29, 0.717) is 31.0 Å². The van der Waals surface area contributed by atoms with Crippen molar-refractivity contribution in [3.8, 4) is 0 Å². The highest BCUT2D eigenvalue weighted by molar-refractivity contribution is 7.99. The average molecular weight is 382 g/mol. The second-order valence-corrected chi connectivity index (χ2v) is 6.75. The number of fused-ring (bicyclic) bond motifs is 1. The highest BCUT2D eigenvalue weighted by Crippen LogP contribution is 2.35. The smallest absolute Gasteiger partial charge is 0.322 e. The quantitative estimate of drug-likeness (QED) is 0.750. The first-order chi connectivity index (χ1) is 10.9. The lowest BCUT2D eigenvalue weighted by molar-refractivity contribution is -0.137. The summed E-state index contributed by atoms with van der Waals surface area (Å²) in [6, 6.07) is 3.71. The molecule has 0 saturated carbocycles. The van der Waals surface area contributed by atoms with E-state index in [1.165, 1.54) is 23.9 Å². The van der Waals surface area contributed by atoms with E-state index >= 15 is 0 Å². The van der Waals surface area contributed by atoms with Gasteiger partial charge in [0.15, 0.2) is 0 Å². The molecule has 2 aliphatic heterocycles. The summed E-state index contributed by atoms with van der Waals surface area (Å²) in [6.07, 6.45) is -4.36. The second-order valence-electron chi connectivity index (χ2n) is 5.61. The Morgan fingerprint density at radius 2 is 1.83 bits per heavy atom. The monoisotopic (exact) mass is 381 g/mol. The lowest BCUT2D eigenvalue weighted by Gasteiger charge is -2.32. The number of amides is 2. The molecule has 1 fully saturated rings. The zero-order chi connectivity index (χ0) is 16.4. The van der Waals surface area contributed by atoms with Gasteiger partial charge >= 0.3 is 12.2 Å². The SMILES string of the molecule is Cl.O=C(N1CCNCC1)N1CCSc2ccc(C(F)(F)F)cc2C1. The lowest BCUT2D eigenvalue weighted by Crippen LogP contribution is -2.51. The molecule has 4 nitrogen and oxygen atoms in total.